The Morgan fingerprint density at radius 3 is 2.69 bits per heavy atom. The average molecular weight is 363 g/mol. The molecule has 0 aliphatic heterocycles. The standard InChI is InChI=1S/C19H13N3O3S/c23-18(24)13-7-5-12(6-8-13)16-10-9-14(25-16)11-20-22-19-21-15-3-1-2-4-17(15)26-19/h1-11H,(H,21,22)(H,23,24)/b20-11+. The molecule has 0 fully saturated rings. The molecule has 2 aromatic heterocycles. The molecule has 128 valence electrons. The van der Waals surface area contributed by atoms with E-state index in [0.717, 1.165) is 15.8 Å². The second-order valence-corrected chi connectivity index (χ2v) is 6.47. The maximum Gasteiger partial charge on any atom is 0.335 e. The van der Waals surface area contributed by atoms with Crippen LogP contribution in [-0.2, 0) is 0 Å². The highest BCUT2D eigenvalue weighted by Gasteiger charge is 2.06. The van der Waals surface area contributed by atoms with Gasteiger partial charge in [-0.2, -0.15) is 5.10 Å². The van der Waals surface area contributed by atoms with Crippen LogP contribution in [0.2, 0.25) is 0 Å². The first kappa shape index (κ1) is 16.0. The molecule has 4 aromatic rings. The number of carbonyl (C=O) groups is 1. The van der Waals surface area contributed by atoms with Crippen molar-refractivity contribution >= 4 is 38.9 Å². The molecule has 26 heavy (non-hydrogen) atoms. The number of anilines is 1. The van der Waals surface area contributed by atoms with Gasteiger partial charge in [-0.1, -0.05) is 35.6 Å². The maximum atomic E-state index is 10.9. The third-order valence-corrected chi connectivity index (χ3v) is 4.63. The van der Waals surface area contributed by atoms with Crippen LogP contribution in [0.5, 0.6) is 0 Å². The fraction of sp³-hybridized carbons (Fsp3) is 0. The summed E-state index contributed by atoms with van der Waals surface area (Å²) in [6.45, 7) is 0. The molecule has 0 bridgehead atoms. The predicted octanol–water partition coefficient (Wildman–Crippen LogP) is 4.70. The number of furan rings is 1. The molecule has 0 atom stereocenters. The van der Waals surface area contributed by atoms with Crippen molar-refractivity contribution in [1.82, 2.24) is 4.98 Å². The van der Waals surface area contributed by atoms with E-state index in [0.29, 0.717) is 16.7 Å². The van der Waals surface area contributed by atoms with Gasteiger partial charge >= 0.3 is 5.97 Å². The molecule has 0 amide bonds. The maximum absolute atomic E-state index is 10.9. The highest BCUT2D eigenvalue weighted by molar-refractivity contribution is 7.22. The predicted molar refractivity (Wildman–Crippen MR) is 102 cm³/mol. The van der Waals surface area contributed by atoms with Crippen molar-refractivity contribution in [1.29, 1.82) is 0 Å². The number of benzene rings is 2. The van der Waals surface area contributed by atoms with E-state index in [1.165, 1.54) is 11.3 Å². The molecule has 6 nitrogen and oxygen atoms in total. The van der Waals surface area contributed by atoms with Crippen molar-refractivity contribution in [2.75, 3.05) is 5.43 Å². The molecule has 0 aliphatic carbocycles. The Kier molecular flexibility index (Phi) is 4.20. The van der Waals surface area contributed by atoms with Crippen molar-refractivity contribution in [2.45, 2.75) is 0 Å². The van der Waals surface area contributed by atoms with Crippen LogP contribution in [-0.4, -0.2) is 22.3 Å². The number of aromatic nitrogens is 1. The Morgan fingerprint density at radius 2 is 1.92 bits per heavy atom. The van der Waals surface area contributed by atoms with Gasteiger partial charge < -0.3 is 9.52 Å². The molecule has 7 heteroatoms. The Balaban J connectivity index is 1.45. The number of nitrogens with one attached hydrogen (secondary N) is 1. The van der Waals surface area contributed by atoms with E-state index in [1.54, 1.807) is 36.5 Å². The SMILES string of the molecule is O=C(O)c1ccc(-c2ccc(/C=N/Nc3nc4ccccc4s3)o2)cc1. The van der Waals surface area contributed by atoms with Gasteiger partial charge in [0.2, 0.25) is 5.13 Å². The van der Waals surface area contributed by atoms with Gasteiger partial charge in [0.05, 0.1) is 22.0 Å². The third kappa shape index (κ3) is 3.33. The summed E-state index contributed by atoms with van der Waals surface area (Å²) in [5.74, 6) is 0.268. The van der Waals surface area contributed by atoms with E-state index in [4.69, 9.17) is 9.52 Å². The van der Waals surface area contributed by atoms with Crippen molar-refractivity contribution in [2.24, 2.45) is 5.10 Å². The molecule has 0 radical (unpaired) electrons. The summed E-state index contributed by atoms with van der Waals surface area (Å²) in [6, 6.07) is 18.0. The Hall–Kier alpha value is -3.45. The lowest BCUT2D eigenvalue weighted by Crippen LogP contribution is -1.94. The molecule has 2 N–H and O–H groups in total. The molecular formula is C19H13N3O3S. The lowest BCUT2D eigenvalue weighted by Gasteiger charge is -1.98. The van der Waals surface area contributed by atoms with Crippen molar-refractivity contribution in [3.8, 4) is 11.3 Å². The van der Waals surface area contributed by atoms with Gasteiger partial charge in [-0.3, -0.25) is 5.43 Å². The van der Waals surface area contributed by atoms with Crippen molar-refractivity contribution < 1.29 is 14.3 Å². The first-order valence-electron chi connectivity index (χ1n) is 7.77. The smallest absolute Gasteiger partial charge is 0.335 e. The second kappa shape index (κ2) is 6.81. The minimum atomic E-state index is -0.954. The minimum absolute atomic E-state index is 0.238. The first-order valence-corrected chi connectivity index (χ1v) is 8.59. The number of para-hydroxylation sites is 1. The molecule has 0 saturated carbocycles. The van der Waals surface area contributed by atoms with E-state index in [2.05, 4.69) is 15.5 Å². The molecule has 0 unspecified atom stereocenters. The lowest BCUT2D eigenvalue weighted by atomic mass is 10.1. The summed E-state index contributed by atoms with van der Waals surface area (Å²) in [6.07, 6.45) is 1.57. The molecule has 4 rings (SSSR count). The molecule has 0 aliphatic rings. The van der Waals surface area contributed by atoms with E-state index in [9.17, 15) is 4.79 Å². The van der Waals surface area contributed by atoms with E-state index < -0.39 is 5.97 Å². The number of aromatic carboxylic acids is 1. The fourth-order valence-electron chi connectivity index (χ4n) is 2.43. The zero-order chi connectivity index (χ0) is 17.9. The summed E-state index contributed by atoms with van der Waals surface area (Å²) in [5.41, 5.74) is 4.87. The minimum Gasteiger partial charge on any atom is -0.478 e. The van der Waals surface area contributed by atoms with Crippen molar-refractivity contribution in [3.05, 3.63) is 72.0 Å². The zero-order valence-corrected chi connectivity index (χ0v) is 14.2. The summed E-state index contributed by atoms with van der Waals surface area (Å²) < 4.78 is 6.81. The van der Waals surface area contributed by atoms with Gasteiger partial charge in [-0.15, -0.1) is 0 Å². The molecule has 0 spiro atoms. The molecular weight excluding hydrogens is 350 g/mol. The van der Waals surface area contributed by atoms with Gasteiger partial charge in [0, 0.05) is 5.56 Å². The zero-order valence-electron chi connectivity index (χ0n) is 13.4. The highest BCUT2D eigenvalue weighted by Crippen LogP contribution is 2.25. The van der Waals surface area contributed by atoms with Gasteiger partial charge in [0.15, 0.2) is 0 Å². The molecule has 0 saturated heterocycles. The third-order valence-electron chi connectivity index (χ3n) is 3.69. The Morgan fingerprint density at radius 1 is 1.12 bits per heavy atom. The first-order chi connectivity index (χ1) is 12.7. The van der Waals surface area contributed by atoms with E-state index in [1.807, 2.05) is 30.3 Å². The van der Waals surface area contributed by atoms with Crippen LogP contribution in [0.3, 0.4) is 0 Å². The average Bonchev–Trinajstić information content (AvgIpc) is 3.28. The number of hydrogen-bond acceptors (Lipinski definition) is 6. The summed E-state index contributed by atoms with van der Waals surface area (Å²) in [7, 11) is 0. The highest BCUT2D eigenvalue weighted by atomic mass is 32.1. The van der Waals surface area contributed by atoms with Gasteiger partial charge in [-0.05, 0) is 36.4 Å². The monoisotopic (exact) mass is 363 g/mol. The summed E-state index contributed by atoms with van der Waals surface area (Å²) in [5, 5.41) is 13.8. The summed E-state index contributed by atoms with van der Waals surface area (Å²) in [4.78, 5) is 15.3. The van der Waals surface area contributed by atoms with Crippen LogP contribution >= 0.6 is 11.3 Å². The number of thiazole rings is 1. The van der Waals surface area contributed by atoms with E-state index in [-0.39, 0.29) is 5.56 Å². The number of carboxylic acid groups (broad SMARTS) is 1. The Bertz CT molecular complexity index is 1060. The van der Waals surface area contributed by atoms with Crippen LogP contribution in [0.25, 0.3) is 21.5 Å². The van der Waals surface area contributed by atoms with Crippen LogP contribution in [0, 0.1) is 0 Å². The topological polar surface area (TPSA) is 87.7 Å². The van der Waals surface area contributed by atoms with Crippen LogP contribution in [0.1, 0.15) is 16.1 Å². The number of fused-ring (bicyclic) bond motifs is 1. The lowest BCUT2D eigenvalue weighted by molar-refractivity contribution is 0.0697. The molecule has 2 aromatic carbocycles. The van der Waals surface area contributed by atoms with Crippen LogP contribution in [0.15, 0.2) is 70.2 Å². The fourth-order valence-corrected chi connectivity index (χ4v) is 3.24. The number of hydrogen-bond donors (Lipinski definition) is 2. The summed E-state index contributed by atoms with van der Waals surface area (Å²) >= 11 is 1.52. The van der Waals surface area contributed by atoms with Gasteiger partial charge in [-0.25, -0.2) is 9.78 Å². The number of hydrazone groups is 1. The van der Waals surface area contributed by atoms with Crippen LogP contribution < -0.4 is 5.43 Å². The van der Waals surface area contributed by atoms with E-state index >= 15 is 0 Å². The largest absolute Gasteiger partial charge is 0.478 e. The van der Waals surface area contributed by atoms with Crippen molar-refractivity contribution in [3.63, 3.8) is 0 Å². The number of nitrogens with zero attached hydrogens (tertiary/aromatic N) is 2. The van der Waals surface area contributed by atoms with Gasteiger partial charge in [0.25, 0.3) is 0 Å². The second-order valence-electron chi connectivity index (χ2n) is 5.44. The van der Waals surface area contributed by atoms with Crippen LogP contribution in [0.4, 0.5) is 5.13 Å². The number of rotatable bonds is 5. The quantitative estimate of drug-likeness (QED) is 0.396. The number of carboxylic acids is 1. The van der Waals surface area contributed by atoms with Gasteiger partial charge in [0.1, 0.15) is 11.5 Å². The normalized spacial score (nSPS) is 11.2. The molecule has 2 heterocycles. The Labute approximate surface area is 152 Å².